The second kappa shape index (κ2) is 9.98. The van der Waals surface area contributed by atoms with Gasteiger partial charge in [-0.15, -0.1) is 0 Å². The molecule has 0 bridgehead atoms. The number of rotatable bonds is 11. The van der Waals surface area contributed by atoms with Crippen LogP contribution in [0.2, 0.25) is 0 Å². The molecule has 0 saturated heterocycles. The highest BCUT2D eigenvalue weighted by Gasteiger charge is 2.22. The Morgan fingerprint density at radius 1 is 1.18 bits per heavy atom. The minimum Gasteiger partial charge on any atom is -0.493 e. The second-order valence-corrected chi connectivity index (χ2v) is 8.66. The number of anilines is 1. The SMILES string of the molecule is CCC(Nc1ccc(C(=O)N(C)CCC(=O)O)cc1)c1cc2cc(OCC3CC3)ccc2o1. The summed E-state index contributed by atoms with van der Waals surface area (Å²) in [4.78, 5) is 24.6. The van der Waals surface area contributed by atoms with Crippen LogP contribution in [0.5, 0.6) is 5.75 Å². The summed E-state index contributed by atoms with van der Waals surface area (Å²) in [5.41, 5.74) is 2.22. The molecule has 0 spiro atoms. The van der Waals surface area contributed by atoms with Crippen LogP contribution in [0.3, 0.4) is 0 Å². The van der Waals surface area contributed by atoms with Crippen molar-refractivity contribution < 1.29 is 23.8 Å². The van der Waals surface area contributed by atoms with Crippen LogP contribution in [-0.2, 0) is 4.79 Å². The number of hydrogen-bond acceptors (Lipinski definition) is 5. The van der Waals surface area contributed by atoms with Crippen molar-refractivity contribution in [3.05, 3.63) is 59.9 Å². The van der Waals surface area contributed by atoms with Crippen molar-refractivity contribution in [3.8, 4) is 5.75 Å². The normalized spacial score (nSPS) is 14.1. The number of ether oxygens (including phenoxy) is 1. The van der Waals surface area contributed by atoms with Gasteiger partial charge < -0.3 is 24.5 Å². The summed E-state index contributed by atoms with van der Waals surface area (Å²) in [6, 6.07) is 15.2. The Labute approximate surface area is 193 Å². The van der Waals surface area contributed by atoms with E-state index >= 15 is 0 Å². The first-order valence-electron chi connectivity index (χ1n) is 11.4. The molecule has 1 aliphatic carbocycles. The van der Waals surface area contributed by atoms with E-state index < -0.39 is 5.97 Å². The zero-order chi connectivity index (χ0) is 23.4. The van der Waals surface area contributed by atoms with Gasteiger partial charge in [-0.2, -0.15) is 0 Å². The maximum Gasteiger partial charge on any atom is 0.305 e. The van der Waals surface area contributed by atoms with E-state index in [2.05, 4.69) is 18.3 Å². The monoisotopic (exact) mass is 450 g/mol. The van der Waals surface area contributed by atoms with Gasteiger partial charge in [0.1, 0.15) is 17.1 Å². The van der Waals surface area contributed by atoms with E-state index in [0.29, 0.717) is 11.5 Å². The van der Waals surface area contributed by atoms with E-state index in [1.165, 1.54) is 17.7 Å². The lowest BCUT2D eigenvalue weighted by molar-refractivity contribution is -0.137. The molecule has 2 aromatic carbocycles. The number of benzene rings is 2. The maximum absolute atomic E-state index is 12.5. The number of aliphatic carboxylic acids is 1. The fraction of sp³-hybridized carbons (Fsp3) is 0.385. The fourth-order valence-corrected chi connectivity index (χ4v) is 3.67. The molecule has 1 amide bonds. The van der Waals surface area contributed by atoms with Gasteiger partial charge in [0.2, 0.25) is 0 Å². The third-order valence-corrected chi connectivity index (χ3v) is 5.92. The summed E-state index contributed by atoms with van der Waals surface area (Å²) in [6.07, 6.45) is 3.27. The number of hydrogen-bond donors (Lipinski definition) is 2. The Morgan fingerprint density at radius 2 is 1.94 bits per heavy atom. The average molecular weight is 451 g/mol. The van der Waals surface area contributed by atoms with Crippen LogP contribution in [0.4, 0.5) is 5.69 Å². The van der Waals surface area contributed by atoms with Gasteiger partial charge in [-0.1, -0.05) is 6.92 Å². The van der Waals surface area contributed by atoms with Gasteiger partial charge >= 0.3 is 5.97 Å². The van der Waals surface area contributed by atoms with Crippen LogP contribution in [0.15, 0.2) is 52.9 Å². The quantitative estimate of drug-likeness (QED) is 0.410. The summed E-state index contributed by atoms with van der Waals surface area (Å²) in [6.45, 7) is 3.04. The van der Waals surface area contributed by atoms with Crippen molar-refractivity contribution in [2.75, 3.05) is 25.5 Å². The molecule has 7 heteroatoms. The van der Waals surface area contributed by atoms with Gasteiger partial charge in [-0.25, -0.2) is 0 Å². The third kappa shape index (κ3) is 5.86. The van der Waals surface area contributed by atoms with Crippen LogP contribution in [-0.4, -0.2) is 42.1 Å². The highest BCUT2D eigenvalue weighted by molar-refractivity contribution is 5.94. The van der Waals surface area contributed by atoms with Crippen molar-refractivity contribution in [2.24, 2.45) is 5.92 Å². The number of carbonyl (C=O) groups excluding carboxylic acids is 1. The van der Waals surface area contributed by atoms with Crippen LogP contribution in [0, 0.1) is 5.92 Å². The Kier molecular flexibility index (Phi) is 6.87. The molecule has 3 aromatic rings. The standard InChI is InChI=1S/C26H30N2O5/c1-3-22(24-15-19-14-21(10-11-23(19)33-24)32-16-17-4-5-17)27-20-8-6-18(7-9-20)26(31)28(2)13-12-25(29)30/h6-11,14-15,17,22,27H,3-5,12-13,16H2,1-2H3,(H,29,30). The molecule has 1 heterocycles. The Balaban J connectivity index is 1.41. The average Bonchev–Trinajstić information content (AvgIpc) is 3.56. The molecule has 1 saturated carbocycles. The number of carboxylic acid groups (broad SMARTS) is 1. The molecule has 1 unspecified atom stereocenters. The number of carbonyl (C=O) groups is 2. The molecule has 0 radical (unpaired) electrons. The maximum atomic E-state index is 12.5. The summed E-state index contributed by atoms with van der Waals surface area (Å²) < 4.78 is 12.0. The molecule has 1 aliphatic rings. The first-order chi connectivity index (χ1) is 15.9. The van der Waals surface area contributed by atoms with E-state index in [0.717, 1.165) is 41.2 Å². The number of furan rings is 1. The third-order valence-electron chi connectivity index (χ3n) is 5.92. The molecule has 4 rings (SSSR count). The number of amides is 1. The van der Waals surface area contributed by atoms with Gasteiger partial charge in [-0.3, -0.25) is 9.59 Å². The topological polar surface area (TPSA) is 92.0 Å². The van der Waals surface area contributed by atoms with Gasteiger partial charge in [0.25, 0.3) is 5.91 Å². The number of carboxylic acids is 1. The van der Waals surface area contributed by atoms with E-state index in [1.807, 2.05) is 30.3 Å². The van der Waals surface area contributed by atoms with Gasteiger partial charge in [0.05, 0.1) is 19.1 Å². The highest BCUT2D eigenvalue weighted by Crippen LogP contribution is 2.33. The van der Waals surface area contributed by atoms with Crippen LogP contribution in [0.25, 0.3) is 11.0 Å². The molecular weight excluding hydrogens is 420 g/mol. The molecular formula is C26H30N2O5. The fourth-order valence-electron chi connectivity index (χ4n) is 3.67. The Hall–Kier alpha value is -3.48. The first-order valence-corrected chi connectivity index (χ1v) is 11.4. The molecule has 1 fully saturated rings. The zero-order valence-corrected chi connectivity index (χ0v) is 19.0. The Bertz CT molecular complexity index is 1120. The summed E-state index contributed by atoms with van der Waals surface area (Å²) >= 11 is 0. The molecule has 2 N–H and O–H groups in total. The smallest absolute Gasteiger partial charge is 0.305 e. The molecule has 1 atom stereocenters. The van der Waals surface area contributed by atoms with Crippen molar-refractivity contribution in [1.82, 2.24) is 4.90 Å². The second-order valence-electron chi connectivity index (χ2n) is 8.66. The number of nitrogens with zero attached hydrogens (tertiary/aromatic N) is 1. The minimum atomic E-state index is -0.924. The summed E-state index contributed by atoms with van der Waals surface area (Å²) in [7, 11) is 1.61. The lowest BCUT2D eigenvalue weighted by Crippen LogP contribution is -2.29. The summed E-state index contributed by atoms with van der Waals surface area (Å²) in [5, 5.41) is 13.3. The highest BCUT2D eigenvalue weighted by atomic mass is 16.5. The van der Waals surface area contributed by atoms with E-state index in [4.69, 9.17) is 14.3 Å². The lowest BCUT2D eigenvalue weighted by atomic mass is 10.1. The molecule has 174 valence electrons. The molecule has 33 heavy (non-hydrogen) atoms. The lowest BCUT2D eigenvalue weighted by Gasteiger charge is -2.18. The van der Waals surface area contributed by atoms with Crippen LogP contribution in [0.1, 0.15) is 54.8 Å². The van der Waals surface area contributed by atoms with Crippen molar-refractivity contribution in [2.45, 2.75) is 38.6 Å². The van der Waals surface area contributed by atoms with Crippen molar-refractivity contribution in [1.29, 1.82) is 0 Å². The molecule has 0 aliphatic heterocycles. The predicted octanol–water partition coefficient (Wildman–Crippen LogP) is 5.33. The van der Waals surface area contributed by atoms with Crippen LogP contribution < -0.4 is 10.1 Å². The Morgan fingerprint density at radius 3 is 2.61 bits per heavy atom. The van der Waals surface area contributed by atoms with Crippen molar-refractivity contribution >= 4 is 28.5 Å². The summed E-state index contributed by atoms with van der Waals surface area (Å²) in [5.74, 6) is 1.30. The number of nitrogens with one attached hydrogen (secondary N) is 1. The van der Waals surface area contributed by atoms with E-state index in [-0.39, 0.29) is 24.9 Å². The van der Waals surface area contributed by atoms with Gasteiger partial charge in [0.15, 0.2) is 0 Å². The van der Waals surface area contributed by atoms with Crippen LogP contribution >= 0.6 is 0 Å². The molecule has 1 aromatic heterocycles. The zero-order valence-electron chi connectivity index (χ0n) is 19.0. The predicted molar refractivity (Wildman–Crippen MR) is 127 cm³/mol. The van der Waals surface area contributed by atoms with E-state index in [9.17, 15) is 9.59 Å². The van der Waals surface area contributed by atoms with Gasteiger partial charge in [-0.05, 0) is 73.7 Å². The van der Waals surface area contributed by atoms with E-state index in [1.54, 1.807) is 19.2 Å². The minimum absolute atomic E-state index is 0.0203. The first kappa shape index (κ1) is 22.7. The van der Waals surface area contributed by atoms with Crippen molar-refractivity contribution in [3.63, 3.8) is 0 Å². The number of fused-ring (bicyclic) bond motifs is 1. The molecule has 7 nitrogen and oxygen atoms in total. The largest absolute Gasteiger partial charge is 0.493 e. The van der Waals surface area contributed by atoms with Gasteiger partial charge in [0, 0.05) is 30.2 Å².